The number of carbonyl (C=O) groups is 1. The van der Waals surface area contributed by atoms with Crippen molar-refractivity contribution in [2.45, 2.75) is 19.9 Å². The third kappa shape index (κ3) is 7.48. The number of ether oxygens (including phenoxy) is 1. The molecule has 0 fully saturated rings. The van der Waals surface area contributed by atoms with Crippen molar-refractivity contribution < 1.29 is 9.53 Å². The van der Waals surface area contributed by atoms with Gasteiger partial charge in [0.15, 0.2) is 12.6 Å². The van der Waals surface area contributed by atoms with Crippen LogP contribution in [0.4, 0.5) is 0 Å². The number of halogens is 1. The number of amides is 1. The molecule has 0 spiro atoms. The number of benzene rings is 2. The number of hydrogen-bond donors (Lipinski definition) is 2. The zero-order valence-electron chi connectivity index (χ0n) is 16.3. The number of guanidine groups is 1. The molecule has 0 aliphatic carbocycles. The quantitative estimate of drug-likeness (QED) is 0.499. The summed E-state index contributed by atoms with van der Waals surface area (Å²) in [7, 11) is 2.01. The molecule has 0 unspecified atom stereocenters. The number of aliphatic imine (C=N–C) groups is 1. The van der Waals surface area contributed by atoms with Gasteiger partial charge in [-0.25, -0.2) is 0 Å². The molecular formula is C21H27ClN4O2. The molecule has 0 atom stereocenters. The first kappa shape index (κ1) is 21.6. The van der Waals surface area contributed by atoms with Gasteiger partial charge in [-0.15, -0.1) is 0 Å². The van der Waals surface area contributed by atoms with Crippen LogP contribution in [0, 0.1) is 0 Å². The third-order valence-electron chi connectivity index (χ3n) is 4.00. The summed E-state index contributed by atoms with van der Waals surface area (Å²) >= 11 is 5.95. The first-order chi connectivity index (χ1) is 13.5. The van der Waals surface area contributed by atoms with Crippen LogP contribution in [-0.4, -0.2) is 43.5 Å². The second-order valence-corrected chi connectivity index (χ2v) is 6.80. The fourth-order valence-corrected chi connectivity index (χ4v) is 2.73. The van der Waals surface area contributed by atoms with Gasteiger partial charge in [0.1, 0.15) is 5.75 Å². The van der Waals surface area contributed by atoms with Gasteiger partial charge < -0.3 is 20.7 Å². The topological polar surface area (TPSA) is 80.0 Å². The Morgan fingerprint density at radius 2 is 1.79 bits per heavy atom. The molecule has 0 bridgehead atoms. The number of nitrogens with two attached hydrogens (primary N) is 1. The Labute approximate surface area is 171 Å². The zero-order chi connectivity index (χ0) is 20.4. The lowest BCUT2D eigenvalue weighted by atomic mass is 10.1. The summed E-state index contributed by atoms with van der Waals surface area (Å²) in [6.45, 7) is 4.14. The van der Waals surface area contributed by atoms with Crippen LogP contribution in [0.1, 0.15) is 18.1 Å². The second kappa shape index (κ2) is 11.2. The van der Waals surface area contributed by atoms with Gasteiger partial charge in [0, 0.05) is 31.7 Å². The van der Waals surface area contributed by atoms with Crippen molar-refractivity contribution in [2.75, 3.05) is 26.7 Å². The van der Waals surface area contributed by atoms with Crippen LogP contribution < -0.4 is 15.8 Å². The van der Waals surface area contributed by atoms with Gasteiger partial charge in [-0.1, -0.05) is 35.9 Å². The van der Waals surface area contributed by atoms with E-state index in [1.165, 1.54) is 5.56 Å². The summed E-state index contributed by atoms with van der Waals surface area (Å²) in [6.07, 6.45) is 0.805. The maximum atomic E-state index is 10.7. The van der Waals surface area contributed by atoms with Crippen molar-refractivity contribution in [1.82, 2.24) is 10.2 Å². The standard InChI is InChI=1S/C21H27ClN4O2/c1-3-24-21(26(2)14-17-4-8-18(22)9-5-17)25-13-12-16-6-10-19(11-7-16)28-15-20(23)27/h4-11H,3,12-15H2,1-2H3,(H2,23,27)(H,24,25). The van der Waals surface area contributed by atoms with Crippen molar-refractivity contribution in [3.63, 3.8) is 0 Å². The van der Waals surface area contributed by atoms with E-state index in [0.717, 1.165) is 36.1 Å². The second-order valence-electron chi connectivity index (χ2n) is 6.37. The van der Waals surface area contributed by atoms with E-state index in [1.807, 2.05) is 55.6 Å². The van der Waals surface area contributed by atoms with E-state index >= 15 is 0 Å². The summed E-state index contributed by atoms with van der Waals surface area (Å²) in [5.74, 6) is 0.998. The number of carbonyl (C=O) groups excluding carboxylic acids is 1. The first-order valence-electron chi connectivity index (χ1n) is 9.22. The fourth-order valence-electron chi connectivity index (χ4n) is 2.61. The molecule has 2 rings (SSSR count). The minimum absolute atomic E-state index is 0.115. The Hall–Kier alpha value is -2.73. The predicted octanol–water partition coefficient (Wildman–Crippen LogP) is 2.84. The maximum Gasteiger partial charge on any atom is 0.255 e. The molecular weight excluding hydrogens is 376 g/mol. The van der Waals surface area contributed by atoms with Crippen molar-refractivity contribution in [3.05, 3.63) is 64.7 Å². The highest BCUT2D eigenvalue weighted by molar-refractivity contribution is 6.30. The highest BCUT2D eigenvalue weighted by atomic mass is 35.5. The largest absolute Gasteiger partial charge is 0.484 e. The lowest BCUT2D eigenvalue weighted by Gasteiger charge is -2.22. The number of primary amides is 1. The van der Waals surface area contributed by atoms with Gasteiger partial charge >= 0.3 is 0 Å². The Kier molecular flexibility index (Phi) is 8.62. The highest BCUT2D eigenvalue weighted by Crippen LogP contribution is 2.13. The normalized spacial score (nSPS) is 11.2. The molecule has 0 aromatic heterocycles. The lowest BCUT2D eigenvalue weighted by molar-refractivity contribution is -0.119. The average molecular weight is 403 g/mol. The Bertz CT molecular complexity index is 776. The Morgan fingerprint density at radius 3 is 2.39 bits per heavy atom. The summed E-state index contributed by atoms with van der Waals surface area (Å²) in [6, 6.07) is 15.4. The molecule has 2 aromatic carbocycles. The average Bonchev–Trinajstić information content (AvgIpc) is 2.68. The number of hydrogen-bond acceptors (Lipinski definition) is 3. The summed E-state index contributed by atoms with van der Waals surface area (Å²) in [5, 5.41) is 4.06. The molecule has 2 aromatic rings. The van der Waals surface area contributed by atoms with Crippen LogP contribution in [-0.2, 0) is 17.8 Å². The SMILES string of the molecule is CCNC(=NCCc1ccc(OCC(N)=O)cc1)N(C)Cc1ccc(Cl)cc1. The van der Waals surface area contributed by atoms with Gasteiger partial charge in [-0.05, 0) is 48.7 Å². The van der Waals surface area contributed by atoms with E-state index in [9.17, 15) is 4.79 Å². The van der Waals surface area contributed by atoms with Crippen molar-refractivity contribution in [1.29, 1.82) is 0 Å². The molecule has 6 nitrogen and oxygen atoms in total. The van der Waals surface area contributed by atoms with Crippen LogP contribution in [0.15, 0.2) is 53.5 Å². The number of rotatable bonds is 9. The number of nitrogens with one attached hydrogen (secondary N) is 1. The van der Waals surface area contributed by atoms with Gasteiger partial charge in [-0.2, -0.15) is 0 Å². The summed E-state index contributed by atoms with van der Waals surface area (Å²) < 4.78 is 5.27. The molecule has 28 heavy (non-hydrogen) atoms. The van der Waals surface area contributed by atoms with Gasteiger partial charge in [0.05, 0.1) is 0 Å². The van der Waals surface area contributed by atoms with Gasteiger partial charge in [0.2, 0.25) is 0 Å². The van der Waals surface area contributed by atoms with E-state index in [4.69, 9.17) is 27.1 Å². The maximum absolute atomic E-state index is 10.7. The molecule has 0 saturated heterocycles. The molecule has 3 N–H and O–H groups in total. The monoisotopic (exact) mass is 402 g/mol. The van der Waals surface area contributed by atoms with Crippen LogP contribution >= 0.6 is 11.6 Å². The highest BCUT2D eigenvalue weighted by Gasteiger charge is 2.06. The summed E-state index contributed by atoms with van der Waals surface area (Å²) in [5.41, 5.74) is 7.39. The third-order valence-corrected chi connectivity index (χ3v) is 4.25. The Balaban J connectivity index is 1.90. The van der Waals surface area contributed by atoms with Crippen LogP contribution in [0.25, 0.3) is 0 Å². The van der Waals surface area contributed by atoms with Crippen molar-refractivity contribution in [3.8, 4) is 5.75 Å². The van der Waals surface area contributed by atoms with Crippen LogP contribution in [0.5, 0.6) is 5.75 Å². The van der Waals surface area contributed by atoms with E-state index in [0.29, 0.717) is 12.3 Å². The lowest BCUT2D eigenvalue weighted by Crippen LogP contribution is -2.38. The molecule has 7 heteroatoms. The smallest absolute Gasteiger partial charge is 0.255 e. The van der Waals surface area contributed by atoms with Gasteiger partial charge in [-0.3, -0.25) is 9.79 Å². The molecule has 0 saturated carbocycles. The molecule has 0 aliphatic rings. The molecule has 150 valence electrons. The van der Waals surface area contributed by atoms with E-state index in [-0.39, 0.29) is 6.61 Å². The van der Waals surface area contributed by atoms with E-state index in [2.05, 4.69) is 17.1 Å². The molecule has 1 amide bonds. The molecule has 0 heterocycles. The predicted molar refractivity (Wildman–Crippen MR) is 114 cm³/mol. The number of nitrogens with zero attached hydrogens (tertiary/aromatic N) is 2. The minimum atomic E-state index is -0.489. The molecule has 0 radical (unpaired) electrons. The molecule has 0 aliphatic heterocycles. The Morgan fingerprint density at radius 1 is 1.14 bits per heavy atom. The van der Waals surface area contributed by atoms with Gasteiger partial charge in [0.25, 0.3) is 5.91 Å². The summed E-state index contributed by atoms with van der Waals surface area (Å²) in [4.78, 5) is 17.6. The minimum Gasteiger partial charge on any atom is -0.484 e. The van der Waals surface area contributed by atoms with E-state index < -0.39 is 5.91 Å². The van der Waals surface area contributed by atoms with Crippen LogP contribution in [0.2, 0.25) is 5.02 Å². The fraction of sp³-hybridized carbons (Fsp3) is 0.333. The van der Waals surface area contributed by atoms with Crippen molar-refractivity contribution >= 4 is 23.5 Å². The van der Waals surface area contributed by atoms with Crippen LogP contribution in [0.3, 0.4) is 0 Å². The van der Waals surface area contributed by atoms with E-state index in [1.54, 1.807) is 0 Å². The zero-order valence-corrected chi connectivity index (χ0v) is 17.1. The first-order valence-corrected chi connectivity index (χ1v) is 9.59. The van der Waals surface area contributed by atoms with Crippen molar-refractivity contribution in [2.24, 2.45) is 10.7 Å².